The molecule has 3 heterocycles. The lowest BCUT2D eigenvalue weighted by atomic mass is 9.78. The van der Waals surface area contributed by atoms with E-state index in [2.05, 4.69) is 24.0 Å². The molecular formula is C24H26ClN5O2. The first-order chi connectivity index (χ1) is 15.5. The standard InChI is InChI=1S/C24H26ClN5O2/c1-14-5-4-6-19(15(14)2)29-12-11-20-22(24(29)31)26-27-23-21(16-7-9-17(25)10-8-16)18(13-32-3)28-30(20)23/h7-12,14-15,19H,4-6,13H2,1-3H3/t14-,15+,19-/m1/s1. The molecule has 1 fully saturated rings. The summed E-state index contributed by atoms with van der Waals surface area (Å²) in [7, 11) is 1.63. The molecule has 0 N–H and O–H groups in total. The van der Waals surface area contributed by atoms with E-state index in [0.717, 1.165) is 29.7 Å². The molecule has 3 aromatic heterocycles. The lowest BCUT2D eigenvalue weighted by Gasteiger charge is -2.35. The highest BCUT2D eigenvalue weighted by atomic mass is 35.5. The zero-order chi connectivity index (χ0) is 22.4. The first kappa shape index (κ1) is 21.1. The van der Waals surface area contributed by atoms with Crippen molar-refractivity contribution in [2.45, 2.75) is 45.8 Å². The summed E-state index contributed by atoms with van der Waals surface area (Å²) in [4.78, 5) is 13.4. The molecule has 3 atom stereocenters. The number of rotatable bonds is 4. The topological polar surface area (TPSA) is 74.3 Å². The normalized spacial score (nSPS) is 21.4. The number of ether oxygens (including phenoxy) is 1. The van der Waals surface area contributed by atoms with Crippen molar-refractivity contribution in [1.82, 2.24) is 24.4 Å². The second kappa shape index (κ2) is 8.30. The molecule has 5 rings (SSSR count). The Kier molecular flexibility index (Phi) is 5.47. The Hall–Kier alpha value is -2.77. The molecule has 1 aromatic carbocycles. The third-order valence-electron chi connectivity index (χ3n) is 6.91. The summed E-state index contributed by atoms with van der Waals surface area (Å²) in [6, 6.07) is 9.62. The van der Waals surface area contributed by atoms with Gasteiger partial charge in [0, 0.05) is 24.4 Å². The zero-order valence-electron chi connectivity index (χ0n) is 18.5. The summed E-state index contributed by atoms with van der Waals surface area (Å²) in [5.74, 6) is 1.03. The van der Waals surface area contributed by atoms with Crippen LogP contribution >= 0.6 is 11.6 Å². The molecule has 7 nitrogen and oxygen atoms in total. The molecule has 0 unspecified atom stereocenters. The number of hydrogen-bond acceptors (Lipinski definition) is 5. The Morgan fingerprint density at radius 2 is 1.91 bits per heavy atom. The summed E-state index contributed by atoms with van der Waals surface area (Å²) in [5.41, 5.74) is 3.93. The Morgan fingerprint density at radius 3 is 2.66 bits per heavy atom. The molecule has 4 aromatic rings. The van der Waals surface area contributed by atoms with Crippen LogP contribution in [-0.2, 0) is 11.3 Å². The van der Waals surface area contributed by atoms with Gasteiger partial charge in [0.1, 0.15) is 5.52 Å². The van der Waals surface area contributed by atoms with Crippen molar-refractivity contribution in [3.8, 4) is 11.1 Å². The largest absolute Gasteiger partial charge is 0.378 e. The smallest absolute Gasteiger partial charge is 0.280 e. The van der Waals surface area contributed by atoms with Crippen molar-refractivity contribution in [2.24, 2.45) is 11.8 Å². The molecule has 0 spiro atoms. The van der Waals surface area contributed by atoms with Crippen LogP contribution in [0.3, 0.4) is 0 Å². The van der Waals surface area contributed by atoms with Gasteiger partial charge in [-0.1, -0.05) is 50.4 Å². The summed E-state index contributed by atoms with van der Waals surface area (Å²) >= 11 is 6.08. The van der Waals surface area contributed by atoms with Crippen molar-refractivity contribution in [3.05, 3.63) is 57.6 Å². The molecule has 32 heavy (non-hydrogen) atoms. The molecule has 0 radical (unpaired) electrons. The molecule has 0 aliphatic heterocycles. The van der Waals surface area contributed by atoms with Gasteiger partial charge in [0.2, 0.25) is 0 Å². The maximum absolute atomic E-state index is 13.4. The summed E-state index contributed by atoms with van der Waals surface area (Å²) in [6.45, 7) is 4.83. The maximum atomic E-state index is 13.4. The number of methoxy groups -OCH3 is 1. The van der Waals surface area contributed by atoms with Gasteiger partial charge < -0.3 is 9.30 Å². The van der Waals surface area contributed by atoms with Gasteiger partial charge in [0.15, 0.2) is 11.2 Å². The van der Waals surface area contributed by atoms with Gasteiger partial charge in [0.25, 0.3) is 5.56 Å². The van der Waals surface area contributed by atoms with Crippen LogP contribution < -0.4 is 5.56 Å². The van der Waals surface area contributed by atoms with E-state index in [1.165, 1.54) is 6.42 Å². The number of fused-ring (bicyclic) bond motifs is 3. The van der Waals surface area contributed by atoms with E-state index in [9.17, 15) is 4.79 Å². The monoisotopic (exact) mass is 451 g/mol. The van der Waals surface area contributed by atoms with E-state index >= 15 is 0 Å². The number of nitrogens with zero attached hydrogens (tertiary/aromatic N) is 5. The molecule has 0 amide bonds. The quantitative estimate of drug-likeness (QED) is 0.441. The second-order valence-corrected chi connectivity index (χ2v) is 9.23. The van der Waals surface area contributed by atoms with Gasteiger partial charge in [-0.25, -0.2) is 4.52 Å². The predicted molar refractivity (Wildman–Crippen MR) is 125 cm³/mol. The lowest BCUT2D eigenvalue weighted by molar-refractivity contribution is 0.181. The fourth-order valence-corrected chi connectivity index (χ4v) is 5.09. The molecule has 166 valence electrons. The Morgan fingerprint density at radius 1 is 1.12 bits per heavy atom. The molecular weight excluding hydrogens is 426 g/mol. The van der Waals surface area contributed by atoms with E-state index in [-0.39, 0.29) is 11.6 Å². The average Bonchev–Trinajstić information content (AvgIpc) is 3.15. The van der Waals surface area contributed by atoms with Gasteiger partial charge >= 0.3 is 0 Å². The van der Waals surface area contributed by atoms with Crippen LogP contribution in [0, 0.1) is 11.8 Å². The van der Waals surface area contributed by atoms with Crippen molar-refractivity contribution < 1.29 is 4.74 Å². The van der Waals surface area contributed by atoms with E-state index < -0.39 is 0 Å². The van der Waals surface area contributed by atoms with Crippen LogP contribution in [0.4, 0.5) is 0 Å². The SMILES string of the molecule is COCc1nn2c(nnc3c(=O)n([C@@H]4CCC[C@@H](C)[C@@H]4C)ccc32)c1-c1ccc(Cl)cc1. The predicted octanol–water partition coefficient (Wildman–Crippen LogP) is 4.90. The Bertz CT molecular complexity index is 1340. The highest BCUT2D eigenvalue weighted by Gasteiger charge is 2.29. The highest BCUT2D eigenvalue weighted by molar-refractivity contribution is 6.30. The van der Waals surface area contributed by atoms with Crippen LogP contribution in [0.1, 0.15) is 44.8 Å². The maximum Gasteiger partial charge on any atom is 0.280 e. The average molecular weight is 452 g/mol. The van der Waals surface area contributed by atoms with Gasteiger partial charge in [-0.05, 0) is 42.0 Å². The molecule has 0 bridgehead atoms. The summed E-state index contributed by atoms with van der Waals surface area (Å²) in [6.07, 6.45) is 5.25. The van der Waals surface area contributed by atoms with Crippen molar-refractivity contribution >= 4 is 28.3 Å². The summed E-state index contributed by atoms with van der Waals surface area (Å²) in [5, 5.41) is 14.2. The van der Waals surface area contributed by atoms with Crippen LogP contribution in [-0.4, -0.2) is 31.5 Å². The third-order valence-corrected chi connectivity index (χ3v) is 7.17. The molecule has 8 heteroatoms. The van der Waals surface area contributed by atoms with Gasteiger partial charge in [0.05, 0.1) is 17.9 Å². The first-order valence-electron chi connectivity index (χ1n) is 11.0. The number of benzene rings is 1. The molecule has 1 aliphatic carbocycles. The minimum Gasteiger partial charge on any atom is -0.378 e. The van der Waals surface area contributed by atoms with Gasteiger partial charge in [-0.2, -0.15) is 5.10 Å². The van der Waals surface area contributed by atoms with Crippen LogP contribution in [0.15, 0.2) is 41.3 Å². The first-order valence-corrected chi connectivity index (χ1v) is 11.4. The number of halogens is 1. The van der Waals surface area contributed by atoms with E-state index in [4.69, 9.17) is 21.4 Å². The fourth-order valence-electron chi connectivity index (χ4n) is 4.96. The van der Waals surface area contributed by atoms with E-state index in [1.807, 2.05) is 41.1 Å². The van der Waals surface area contributed by atoms with Crippen LogP contribution in [0.25, 0.3) is 27.8 Å². The fraction of sp³-hybridized carbons (Fsp3) is 0.417. The van der Waals surface area contributed by atoms with E-state index in [1.54, 1.807) is 11.6 Å². The third kappa shape index (κ3) is 3.40. The minimum absolute atomic E-state index is 0.111. The van der Waals surface area contributed by atoms with E-state index in [0.29, 0.717) is 40.1 Å². The lowest BCUT2D eigenvalue weighted by Crippen LogP contribution is -2.34. The highest BCUT2D eigenvalue weighted by Crippen LogP contribution is 2.37. The Labute approximate surface area is 191 Å². The zero-order valence-corrected chi connectivity index (χ0v) is 19.2. The minimum atomic E-state index is -0.111. The molecule has 1 saturated carbocycles. The number of aromatic nitrogens is 5. The van der Waals surface area contributed by atoms with Gasteiger partial charge in [-0.15, -0.1) is 10.2 Å². The van der Waals surface area contributed by atoms with Crippen molar-refractivity contribution in [1.29, 1.82) is 0 Å². The van der Waals surface area contributed by atoms with Crippen molar-refractivity contribution in [2.75, 3.05) is 7.11 Å². The Balaban J connectivity index is 1.70. The summed E-state index contributed by atoms with van der Waals surface area (Å²) < 4.78 is 8.94. The number of hydrogen-bond donors (Lipinski definition) is 0. The van der Waals surface area contributed by atoms with Crippen molar-refractivity contribution in [3.63, 3.8) is 0 Å². The second-order valence-electron chi connectivity index (χ2n) is 8.79. The van der Waals surface area contributed by atoms with Crippen LogP contribution in [0.5, 0.6) is 0 Å². The molecule has 1 aliphatic rings. The number of pyridine rings is 1. The molecule has 0 saturated heterocycles. The van der Waals surface area contributed by atoms with Gasteiger partial charge in [-0.3, -0.25) is 4.79 Å². The van der Waals surface area contributed by atoms with Crippen LogP contribution in [0.2, 0.25) is 5.02 Å².